The number of allylic oxidation sites excluding steroid dienone is 1. The first kappa shape index (κ1) is 15.6. The summed E-state index contributed by atoms with van der Waals surface area (Å²) >= 11 is 1.66. The zero-order chi connectivity index (χ0) is 17.2. The van der Waals surface area contributed by atoms with E-state index in [1.165, 1.54) is 9.60 Å². The van der Waals surface area contributed by atoms with E-state index < -0.39 is 0 Å². The molecule has 4 rings (SSSR count). The van der Waals surface area contributed by atoms with Crippen LogP contribution in [-0.2, 0) is 4.74 Å². The van der Waals surface area contributed by atoms with Gasteiger partial charge in [0.1, 0.15) is 6.61 Å². The third-order valence-electron chi connectivity index (χ3n) is 4.13. The van der Waals surface area contributed by atoms with Crippen LogP contribution in [0, 0.1) is 0 Å². The Morgan fingerprint density at radius 2 is 2.04 bits per heavy atom. The van der Waals surface area contributed by atoms with Crippen LogP contribution in [0.25, 0.3) is 16.2 Å². The van der Waals surface area contributed by atoms with Gasteiger partial charge in [-0.05, 0) is 46.7 Å². The van der Waals surface area contributed by atoms with Crippen molar-refractivity contribution in [2.24, 2.45) is 0 Å². The molecule has 3 aromatic rings. The molecule has 5 heteroatoms. The number of carbonyl (C=O) groups is 2. The molecule has 0 spiro atoms. The average molecular weight is 349 g/mol. The van der Waals surface area contributed by atoms with Crippen molar-refractivity contribution in [2.45, 2.75) is 0 Å². The van der Waals surface area contributed by atoms with Crippen molar-refractivity contribution in [1.29, 1.82) is 0 Å². The fourth-order valence-corrected chi connectivity index (χ4v) is 3.77. The van der Waals surface area contributed by atoms with Gasteiger partial charge in [0.2, 0.25) is 0 Å². The van der Waals surface area contributed by atoms with Crippen molar-refractivity contribution in [1.82, 2.24) is 0 Å². The van der Waals surface area contributed by atoms with Gasteiger partial charge in [0.15, 0.2) is 5.78 Å². The lowest BCUT2D eigenvalue weighted by Gasteiger charge is -2.13. The summed E-state index contributed by atoms with van der Waals surface area (Å²) in [5, 5.41) is 3.19. The first-order valence-corrected chi connectivity index (χ1v) is 8.83. The van der Waals surface area contributed by atoms with Gasteiger partial charge in [-0.25, -0.2) is 4.79 Å². The Labute approximate surface area is 149 Å². The Kier molecular flexibility index (Phi) is 4.07. The summed E-state index contributed by atoms with van der Waals surface area (Å²) in [6, 6.07) is 15.2. The summed E-state index contributed by atoms with van der Waals surface area (Å²) in [4.78, 5) is 25.7. The number of benzene rings is 2. The van der Waals surface area contributed by atoms with Gasteiger partial charge in [0.25, 0.3) is 0 Å². The Morgan fingerprint density at radius 1 is 1.16 bits per heavy atom. The molecule has 25 heavy (non-hydrogen) atoms. The Hall–Kier alpha value is -2.92. The summed E-state index contributed by atoms with van der Waals surface area (Å²) in [5.41, 5.74) is 2.27. The molecule has 2 heterocycles. The topological polar surface area (TPSA) is 46.6 Å². The minimum absolute atomic E-state index is 0.0929. The van der Waals surface area contributed by atoms with Gasteiger partial charge in [-0.3, -0.25) is 9.69 Å². The van der Waals surface area contributed by atoms with Gasteiger partial charge >= 0.3 is 6.09 Å². The summed E-state index contributed by atoms with van der Waals surface area (Å²) in [5.74, 6) is -0.0929. The molecule has 4 nitrogen and oxygen atoms in total. The molecule has 0 saturated carbocycles. The Morgan fingerprint density at radius 3 is 2.88 bits per heavy atom. The molecular weight excluding hydrogens is 334 g/mol. The number of carbonyl (C=O) groups excluding carboxylic acids is 2. The largest absolute Gasteiger partial charge is 0.447 e. The van der Waals surface area contributed by atoms with Gasteiger partial charge < -0.3 is 4.74 Å². The third-order valence-corrected chi connectivity index (χ3v) is 5.11. The average Bonchev–Trinajstić information content (AvgIpc) is 3.26. The van der Waals surface area contributed by atoms with Crippen LogP contribution in [0.3, 0.4) is 0 Å². The molecule has 0 N–H and O–H groups in total. The standard InChI is InChI=1S/C20H15NO3S/c22-18(9-8-15-13-25-19-7-2-1-6-17(15)19)14-4-3-5-16(12-14)21-10-11-24-20(21)23/h1-9,12-13H,10-11H2/b9-8+. The van der Waals surface area contributed by atoms with Gasteiger partial charge in [-0.1, -0.05) is 30.3 Å². The van der Waals surface area contributed by atoms with Gasteiger partial charge in [0, 0.05) is 16.0 Å². The van der Waals surface area contributed by atoms with Crippen LogP contribution in [0.4, 0.5) is 10.5 Å². The smallest absolute Gasteiger partial charge is 0.414 e. The number of ketones is 1. The van der Waals surface area contributed by atoms with E-state index in [1.54, 1.807) is 41.7 Å². The lowest BCUT2D eigenvalue weighted by Crippen LogP contribution is -2.23. The molecule has 1 fully saturated rings. The predicted octanol–water partition coefficient (Wildman–Crippen LogP) is 4.75. The van der Waals surface area contributed by atoms with Crippen molar-refractivity contribution in [3.63, 3.8) is 0 Å². The third kappa shape index (κ3) is 3.06. The van der Waals surface area contributed by atoms with E-state index in [0.717, 1.165) is 10.9 Å². The molecule has 0 aliphatic carbocycles. The number of rotatable bonds is 4. The number of cyclic esters (lactones) is 1. The number of nitrogens with zero attached hydrogens (tertiary/aromatic N) is 1. The SMILES string of the molecule is O=C(/C=C/c1csc2ccccc12)c1cccc(N2CCOC2=O)c1. The second kappa shape index (κ2) is 6.53. The van der Waals surface area contributed by atoms with Crippen molar-refractivity contribution in [3.05, 3.63) is 71.1 Å². The maximum Gasteiger partial charge on any atom is 0.414 e. The quantitative estimate of drug-likeness (QED) is 0.504. The van der Waals surface area contributed by atoms with Crippen LogP contribution in [-0.4, -0.2) is 25.0 Å². The first-order valence-electron chi connectivity index (χ1n) is 7.95. The first-order chi connectivity index (χ1) is 12.2. The summed E-state index contributed by atoms with van der Waals surface area (Å²) in [6.45, 7) is 0.884. The van der Waals surface area contributed by atoms with E-state index in [0.29, 0.717) is 24.4 Å². The number of amides is 1. The van der Waals surface area contributed by atoms with E-state index in [4.69, 9.17) is 4.74 Å². The van der Waals surface area contributed by atoms with Crippen LogP contribution < -0.4 is 4.90 Å². The van der Waals surface area contributed by atoms with Crippen LogP contribution in [0.5, 0.6) is 0 Å². The summed E-state index contributed by atoms with van der Waals surface area (Å²) < 4.78 is 6.15. The van der Waals surface area contributed by atoms with E-state index in [9.17, 15) is 9.59 Å². The predicted molar refractivity (Wildman–Crippen MR) is 100 cm³/mol. The highest BCUT2D eigenvalue weighted by Gasteiger charge is 2.23. The molecule has 0 unspecified atom stereocenters. The maximum absolute atomic E-state index is 12.5. The number of hydrogen-bond acceptors (Lipinski definition) is 4. The van der Waals surface area contributed by atoms with Crippen LogP contribution >= 0.6 is 11.3 Å². The zero-order valence-electron chi connectivity index (χ0n) is 13.3. The minimum atomic E-state index is -0.370. The van der Waals surface area contributed by atoms with Gasteiger partial charge in [-0.15, -0.1) is 11.3 Å². The van der Waals surface area contributed by atoms with Crippen molar-refractivity contribution in [3.8, 4) is 0 Å². The number of anilines is 1. The summed E-state index contributed by atoms with van der Waals surface area (Å²) in [7, 11) is 0. The van der Waals surface area contributed by atoms with Crippen LogP contribution in [0.15, 0.2) is 60.0 Å². The van der Waals surface area contributed by atoms with Crippen molar-refractivity contribution >= 4 is 45.1 Å². The highest BCUT2D eigenvalue weighted by Crippen LogP contribution is 2.27. The highest BCUT2D eigenvalue weighted by atomic mass is 32.1. The molecule has 1 saturated heterocycles. The molecule has 2 aromatic carbocycles. The number of thiophene rings is 1. The fraction of sp³-hybridized carbons (Fsp3) is 0.100. The molecule has 1 aliphatic heterocycles. The maximum atomic E-state index is 12.5. The monoisotopic (exact) mass is 349 g/mol. The molecule has 1 amide bonds. The van der Waals surface area contributed by atoms with E-state index in [2.05, 4.69) is 12.1 Å². The molecule has 124 valence electrons. The zero-order valence-corrected chi connectivity index (χ0v) is 14.2. The fourth-order valence-electron chi connectivity index (χ4n) is 2.84. The second-order valence-electron chi connectivity index (χ2n) is 5.70. The van der Waals surface area contributed by atoms with E-state index in [1.807, 2.05) is 23.6 Å². The molecule has 1 aliphatic rings. The molecule has 0 radical (unpaired) electrons. The highest BCUT2D eigenvalue weighted by molar-refractivity contribution is 7.17. The molecule has 1 aromatic heterocycles. The molecule has 0 atom stereocenters. The number of ether oxygens (including phenoxy) is 1. The lowest BCUT2D eigenvalue weighted by molar-refractivity contribution is 0.104. The van der Waals surface area contributed by atoms with Crippen molar-refractivity contribution in [2.75, 3.05) is 18.1 Å². The van der Waals surface area contributed by atoms with E-state index in [-0.39, 0.29) is 11.9 Å². The van der Waals surface area contributed by atoms with Crippen LogP contribution in [0.2, 0.25) is 0 Å². The van der Waals surface area contributed by atoms with E-state index >= 15 is 0 Å². The molecule has 0 bridgehead atoms. The Bertz CT molecular complexity index is 989. The van der Waals surface area contributed by atoms with Crippen LogP contribution in [0.1, 0.15) is 15.9 Å². The van der Waals surface area contributed by atoms with Gasteiger partial charge in [0.05, 0.1) is 6.54 Å². The number of hydrogen-bond donors (Lipinski definition) is 0. The van der Waals surface area contributed by atoms with Crippen molar-refractivity contribution < 1.29 is 14.3 Å². The normalized spacial score (nSPS) is 14.4. The Balaban J connectivity index is 1.58. The van der Waals surface area contributed by atoms with Gasteiger partial charge in [-0.2, -0.15) is 0 Å². The number of fused-ring (bicyclic) bond motifs is 1. The second-order valence-corrected chi connectivity index (χ2v) is 6.61. The minimum Gasteiger partial charge on any atom is -0.447 e. The summed E-state index contributed by atoms with van der Waals surface area (Å²) in [6.07, 6.45) is 3.05. The molecular formula is C20H15NO3S. The lowest BCUT2D eigenvalue weighted by atomic mass is 10.1.